The number of aryl methyl sites for hydroxylation is 1. The normalized spacial score (nSPS) is 11.6. The predicted molar refractivity (Wildman–Crippen MR) is 87.7 cm³/mol. The van der Waals surface area contributed by atoms with Gasteiger partial charge in [0.05, 0.1) is 12.0 Å². The van der Waals surface area contributed by atoms with Crippen LogP contribution in [0.1, 0.15) is 11.1 Å². The lowest BCUT2D eigenvalue weighted by atomic mass is 10.1. The average molecular weight is 319 g/mol. The number of likely N-dealkylation sites (N-methyl/N-ethyl adjacent to an activating group) is 1. The summed E-state index contributed by atoms with van der Waals surface area (Å²) in [4.78, 5) is 0.320. The van der Waals surface area contributed by atoms with E-state index in [0.717, 1.165) is 16.9 Å². The summed E-state index contributed by atoms with van der Waals surface area (Å²) in [5, 5.41) is 0. The highest BCUT2D eigenvalue weighted by atomic mass is 32.2. The standard InChI is InChI=1S/C17H21NO3S/c1-14-8-10-16(11-9-14)22(19,20)18(2)13-12-15-6-4-5-7-17(15)21-3/h4-11H,12-13H2,1-3H3. The number of methoxy groups -OCH3 is 1. The first-order valence-corrected chi connectivity index (χ1v) is 8.54. The van der Waals surface area contributed by atoms with E-state index in [1.54, 1.807) is 38.4 Å². The lowest BCUT2D eigenvalue weighted by molar-refractivity contribution is 0.406. The topological polar surface area (TPSA) is 46.6 Å². The van der Waals surface area contributed by atoms with Crippen LogP contribution in [-0.2, 0) is 16.4 Å². The number of para-hydroxylation sites is 1. The van der Waals surface area contributed by atoms with E-state index in [-0.39, 0.29) is 0 Å². The van der Waals surface area contributed by atoms with Crippen molar-refractivity contribution in [2.45, 2.75) is 18.2 Å². The molecular formula is C17H21NO3S. The zero-order valence-electron chi connectivity index (χ0n) is 13.1. The van der Waals surface area contributed by atoms with Gasteiger partial charge in [0.15, 0.2) is 0 Å². The van der Waals surface area contributed by atoms with Crippen LogP contribution in [0.4, 0.5) is 0 Å². The summed E-state index contributed by atoms with van der Waals surface area (Å²) >= 11 is 0. The molecule has 0 amide bonds. The number of hydrogen-bond donors (Lipinski definition) is 0. The highest BCUT2D eigenvalue weighted by Gasteiger charge is 2.20. The number of sulfonamides is 1. The van der Waals surface area contributed by atoms with Crippen molar-refractivity contribution in [3.63, 3.8) is 0 Å². The van der Waals surface area contributed by atoms with Gasteiger partial charge in [0, 0.05) is 13.6 Å². The Hall–Kier alpha value is -1.85. The van der Waals surface area contributed by atoms with E-state index >= 15 is 0 Å². The minimum atomic E-state index is -3.45. The van der Waals surface area contributed by atoms with Crippen molar-refractivity contribution >= 4 is 10.0 Å². The van der Waals surface area contributed by atoms with Gasteiger partial charge in [-0.25, -0.2) is 12.7 Å². The second-order valence-electron chi connectivity index (χ2n) is 5.20. The minimum Gasteiger partial charge on any atom is -0.496 e. The van der Waals surface area contributed by atoms with Crippen LogP contribution in [0.25, 0.3) is 0 Å². The molecule has 0 spiro atoms. The summed E-state index contributed by atoms with van der Waals surface area (Å²) in [6, 6.07) is 14.5. The van der Waals surface area contributed by atoms with Crippen LogP contribution in [0.5, 0.6) is 5.75 Å². The molecule has 0 atom stereocenters. The molecule has 0 aromatic heterocycles. The molecule has 0 unspecified atom stereocenters. The van der Waals surface area contributed by atoms with Gasteiger partial charge in [0.1, 0.15) is 5.75 Å². The van der Waals surface area contributed by atoms with Crippen LogP contribution in [-0.4, -0.2) is 33.4 Å². The van der Waals surface area contributed by atoms with E-state index in [9.17, 15) is 8.42 Å². The van der Waals surface area contributed by atoms with Gasteiger partial charge in [-0.3, -0.25) is 0 Å². The number of benzene rings is 2. The molecule has 0 saturated heterocycles. The van der Waals surface area contributed by atoms with Crippen molar-refractivity contribution in [1.82, 2.24) is 4.31 Å². The first kappa shape index (κ1) is 16.5. The summed E-state index contributed by atoms with van der Waals surface area (Å²) in [5.74, 6) is 0.781. The molecule has 0 aliphatic carbocycles. The third kappa shape index (κ3) is 3.67. The zero-order valence-corrected chi connectivity index (χ0v) is 13.9. The van der Waals surface area contributed by atoms with Crippen molar-refractivity contribution in [3.05, 3.63) is 59.7 Å². The number of ether oxygens (including phenoxy) is 1. The molecule has 0 heterocycles. The molecule has 4 nitrogen and oxygen atoms in total. The maximum atomic E-state index is 12.5. The molecule has 5 heteroatoms. The highest BCUT2D eigenvalue weighted by molar-refractivity contribution is 7.89. The van der Waals surface area contributed by atoms with Crippen LogP contribution < -0.4 is 4.74 Å². The summed E-state index contributed by atoms with van der Waals surface area (Å²) in [7, 11) is -0.234. The molecule has 0 aliphatic heterocycles. The quantitative estimate of drug-likeness (QED) is 0.822. The first-order valence-electron chi connectivity index (χ1n) is 7.10. The Morgan fingerprint density at radius 2 is 1.68 bits per heavy atom. The minimum absolute atomic E-state index is 0.320. The maximum absolute atomic E-state index is 12.5. The molecule has 0 fully saturated rings. The van der Waals surface area contributed by atoms with Gasteiger partial charge in [-0.15, -0.1) is 0 Å². The fraction of sp³-hybridized carbons (Fsp3) is 0.294. The van der Waals surface area contributed by atoms with Gasteiger partial charge in [-0.05, 0) is 37.1 Å². The number of hydrogen-bond acceptors (Lipinski definition) is 3. The van der Waals surface area contributed by atoms with Gasteiger partial charge in [0.2, 0.25) is 10.0 Å². The fourth-order valence-corrected chi connectivity index (χ4v) is 3.37. The summed E-state index contributed by atoms with van der Waals surface area (Å²) in [6.07, 6.45) is 0.603. The smallest absolute Gasteiger partial charge is 0.242 e. The van der Waals surface area contributed by atoms with Crippen LogP contribution in [0.3, 0.4) is 0 Å². The van der Waals surface area contributed by atoms with Crippen molar-refractivity contribution in [3.8, 4) is 5.75 Å². The molecule has 118 valence electrons. The Kier molecular flexibility index (Phi) is 5.21. The van der Waals surface area contributed by atoms with E-state index in [4.69, 9.17) is 4.74 Å². The molecule has 2 aromatic rings. The van der Waals surface area contributed by atoms with Gasteiger partial charge < -0.3 is 4.74 Å². The average Bonchev–Trinajstić information content (AvgIpc) is 2.53. The third-order valence-electron chi connectivity index (χ3n) is 3.62. The van der Waals surface area contributed by atoms with Crippen molar-refractivity contribution in [2.75, 3.05) is 20.7 Å². The van der Waals surface area contributed by atoms with Crippen LogP contribution in [0.15, 0.2) is 53.4 Å². The lowest BCUT2D eigenvalue weighted by Gasteiger charge is -2.18. The third-order valence-corrected chi connectivity index (χ3v) is 5.49. The molecule has 0 bridgehead atoms. The molecule has 2 aromatic carbocycles. The van der Waals surface area contributed by atoms with E-state index in [0.29, 0.717) is 17.9 Å². The summed E-state index contributed by atoms with van der Waals surface area (Å²) in [6.45, 7) is 2.33. The van der Waals surface area contributed by atoms with Gasteiger partial charge >= 0.3 is 0 Å². The fourth-order valence-electron chi connectivity index (χ4n) is 2.20. The van der Waals surface area contributed by atoms with Gasteiger partial charge in [-0.2, -0.15) is 0 Å². The van der Waals surface area contributed by atoms with Crippen molar-refractivity contribution in [1.29, 1.82) is 0 Å². The molecular weight excluding hydrogens is 298 g/mol. The van der Waals surface area contributed by atoms with E-state index < -0.39 is 10.0 Å². The lowest BCUT2D eigenvalue weighted by Crippen LogP contribution is -2.29. The first-order chi connectivity index (χ1) is 10.4. The second kappa shape index (κ2) is 6.94. The molecule has 0 N–H and O–H groups in total. The van der Waals surface area contributed by atoms with Crippen molar-refractivity contribution in [2.24, 2.45) is 0 Å². The maximum Gasteiger partial charge on any atom is 0.242 e. The molecule has 0 saturated carbocycles. The highest BCUT2D eigenvalue weighted by Crippen LogP contribution is 2.20. The number of rotatable bonds is 6. The summed E-state index contributed by atoms with van der Waals surface area (Å²) < 4.78 is 31.7. The van der Waals surface area contributed by atoms with E-state index in [1.807, 2.05) is 31.2 Å². The number of nitrogens with zero attached hydrogens (tertiary/aromatic N) is 1. The van der Waals surface area contributed by atoms with Crippen molar-refractivity contribution < 1.29 is 13.2 Å². The Bertz CT molecular complexity index is 724. The predicted octanol–water partition coefficient (Wildman–Crippen LogP) is 2.87. The Morgan fingerprint density at radius 3 is 2.32 bits per heavy atom. The summed E-state index contributed by atoms with van der Waals surface area (Å²) in [5.41, 5.74) is 2.03. The molecule has 0 aliphatic rings. The van der Waals surface area contributed by atoms with Gasteiger partial charge in [-0.1, -0.05) is 35.9 Å². The molecule has 2 rings (SSSR count). The largest absolute Gasteiger partial charge is 0.496 e. The van der Waals surface area contributed by atoms with Crippen LogP contribution in [0.2, 0.25) is 0 Å². The second-order valence-corrected chi connectivity index (χ2v) is 7.25. The molecule has 22 heavy (non-hydrogen) atoms. The van der Waals surface area contributed by atoms with Crippen LogP contribution in [0, 0.1) is 6.92 Å². The van der Waals surface area contributed by atoms with E-state index in [1.165, 1.54) is 4.31 Å². The van der Waals surface area contributed by atoms with E-state index in [2.05, 4.69) is 0 Å². The molecule has 0 radical (unpaired) electrons. The zero-order chi connectivity index (χ0) is 16.2. The van der Waals surface area contributed by atoms with Gasteiger partial charge in [0.25, 0.3) is 0 Å². The van der Waals surface area contributed by atoms with Crippen LogP contribution >= 0.6 is 0 Å². The Balaban J connectivity index is 2.11. The monoisotopic (exact) mass is 319 g/mol. The Morgan fingerprint density at radius 1 is 1.05 bits per heavy atom. The Labute approximate surface area is 132 Å². The SMILES string of the molecule is COc1ccccc1CCN(C)S(=O)(=O)c1ccc(C)cc1.